The summed E-state index contributed by atoms with van der Waals surface area (Å²) in [4.78, 5) is 39.7. The molecular weight excluding hydrogens is 406 g/mol. The number of halogens is 1. The first-order valence-corrected chi connectivity index (χ1v) is 10.1. The van der Waals surface area contributed by atoms with Gasteiger partial charge in [-0.25, -0.2) is 4.79 Å². The molecule has 2 heterocycles. The van der Waals surface area contributed by atoms with Crippen molar-refractivity contribution >= 4 is 29.3 Å². The van der Waals surface area contributed by atoms with Crippen molar-refractivity contribution in [3.8, 4) is 0 Å². The zero-order chi connectivity index (χ0) is 22.2. The molecule has 1 aromatic carbocycles. The molecule has 2 atom stereocenters. The minimum absolute atomic E-state index is 0.0526. The number of Topliss-reactive ketones (excluding diaryl/α,β-unsaturated/α-hetero) is 1. The zero-order valence-electron chi connectivity index (χ0n) is 17.8. The molecule has 0 aliphatic carbocycles. The lowest BCUT2D eigenvalue weighted by molar-refractivity contribution is -0.130. The van der Waals surface area contributed by atoms with E-state index < -0.39 is 17.5 Å². The average Bonchev–Trinajstić information content (AvgIpc) is 3.10. The first kappa shape index (κ1) is 22.1. The maximum absolute atomic E-state index is 13.1. The van der Waals surface area contributed by atoms with E-state index in [1.165, 1.54) is 0 Å². The summed E-state index contributed by atoms with van der Waals surface area (Å²) >= 11 is 6.25. The molecule has 0 unspecified atom stereocenters. The van der Waals surface area contributed by atoms with Crippen molar-refractivity contribution in [2.24, 2.45) is 0 Å². The molecule has 8 heteroatoms. The molecule has 0 saturated carbocycles. The molecular formula is C22H26ClN3O4. The van der Waals surface area contributed by atoms with Crippen molar-refractivity contribution in [3.05, 3.63) is 57.9 Å². The van der Waals surface area contributed by atoms with E-state index in [9.17, 15) is 14.4 Å². The second kappa shape index (κ2) is 8.24. The van der Waals surface area contributed by atoms with Gasteiger partial charge in [-0.1, -0.05) is 29.8 Å². The molecule has 0 radical (unpaired) electrons. The highest BCUT2D eigenvalue weighted by molar-refractivity contribution is 6.32. The van der Waals surface area contributed by atoms with E-state index in [4.69, 9.17) is 16.3 Å². The summed E-state index contributed by atoms with van der Waals surface area (Å²) < 4.78 is 7.25. The quantitative estimate of drug-likeness (QED) is 0.536. The van der Waals surface area contributed by atoms with Gasteiger partial charge in [0, 0.05) is 34.6 Å². The van der Waals surface area contributed by atoms with E-state index in [0.717, 1.165) is 16.3 Å². The van der Waals surface area contributed by atoms with Crippen molar-refractivity contribution in [2.45, 2.75) is 39.3 Å². The van der Waals surface area contributed by atoms with Gasteiger partial charge in [0.15, 0.2) is 5.78 Å². The lowest BCUT2D eigenvalue weighted by atomic mass is 9.92. The summed E-state index contributed by atoms with van der Waals surface area (Å²) in [5.41, 5.74) is 1.36. The number of urea groups is 1. The monoisotopic (exact) mass is 431 g/mol. The Bertz CT molecular complexity index is 1020. The number of hydrogen-bond acceptors (Lipinski definition) is 4. The van der Waals surface area contributed by atoms with Crippen molar-refractivity contribution in [1.29, 1.82) is 0 Å². The normalized spacial score (nSPS) is 19.9. The molecule has 1 aromatic heterocycles. The largest absolute Gasteiger partial charge is 0.383 e. The van der Waals surface area contributed by atoms with Gasteiger partial charge in [0.2, 0.25) is 0 Å². The maximum atomic E-state index is 13.1. The summed E-state index contributed by atoms with van der Waals surface area (Å²) in [5.74, 6) is -0.804. The van der Waals surface area contributed by atoms with Crippen molar-refractivity contribution in [3.63, 3.8) is 0 Å². The number of carbonyl (C=O) groups excluding carboxylic acids is 3. The number of aromatic nitrogens is 1. The van der Waals surface area contributed by atoms with Crippen LogP contribution in [0.3, 0.4) is 0 Å². The van der Waals surface area contributed by atoms with Crippen LogP contribution < -0.4 is 5.32 Å². The number of amides is 3. The smallest absolute Gasteiger partial charge is 0.325 e. The average molecular weight is 432 g/mol. The minimum atomic E-state index is -1.32. The number of hydrogen-bond donors (Lipinski definition) is 1. The van der Waals surface area contributed by atoms with Crippen LogP contribution in [0.4, 0.5) is 4.79 Å². The number of methoxy groups -OCH3 is 1. The fraction of sp³-hybridized carbons (Fsp3) is 0.409. The molecule has 30 heavy (non-hydrogen) atoms. The second-order valence-corrected chi connectivity index (χ2v) is 8.22. The summed E-state index contributed by atoms with van der Waals surface area (Å²) in [6, 6.07) is 8.07. The predicted octanol–water partition coefficient (Wildman–Crippen LogP) is 3.62. The van der Waals surface area contributed by atoms with Gasteiger partial charge in [0.1, 0.15) is 5.54 Å². The lowest BCUT2D eigenvalue weighted by Crippen LogP contribution is -2.41. The van der Waals surface area contributed by atoms with Crippen molar-refractivity contribution in [2.75, 3.05) is 20.3 Å². The Morgan fingerprint density at radius 2 is 1.93 bits per heavy atom. The van der Waals surface area contributed by atoms with E-state index in [1.54, 1.807) is 44.4 Å². The second-order valence-electron chi connectivity index (χ2n) is 7.81. The predicted molar refractivity (Wildman–Crippen MR) is 114 cm³/mol. The molecule has 1 fully saturated rings. The number of rotatable bonds is 7. The van der Waals surface area contributed by atoms with E-state index >= 15 is 0 Å². The summed E-state index contributed by atoms with van der Waals surface area (Å²) in [6.07, 6.45) is 0. The molecule has 160 valence electrons. The molecule has 1 saturated heterocycles. The fourth-order valence-corrected chi connectivity index (χ4v) is 4.50. The Balaban J connectivity index is 1.86. The van der Waals surface area contributed by atoms with E-state index in [2.05, 4.69) is 5.32 Å². The van der Waals surface area contributed by atoms with Crippen molar-refractivity contribution < 1.29 is 19.1 Å². The van der Waals surface area contributed by atoms with Crippen LogP contribution >= 0.6 is 11.6 Å². The number of nitrogens with zero attached hydrogens (tertiary/aromatic N) is 2. The molecule has 2 aromatic rings. The topological polar surface area (TPSA) is 80.6 Å². The van der Waals surface area contributed by atoms with Crippen molar-refractivity contribution in [1.82, 2.24) is 14.8 Å². The Labute approximate surface area is 180 Å². The fourth-order valence-electron chi connectivity index (χ4n) is 4.17. The summed E-state index contributed by atoms with van der Waals surface area (Å²) in [6.45, 7) is 7.53. The standard InChI is InChI=1S/C22H26ClN3O4/c1-13-10-16(15(3)26(13)14(2)12-30-5)19(27)11-25-20(28)22(4,24-21(25)29)17-8-6-7-9-18(17)23/h6-10,14H,11-12H2,1-5H3,(H,24,29)/t14-,22+/m0/s1. The zero-order valence-corrected chi connectivity index (χ0v) is 18.5. The first-order chi connectivity index (χ1) is 14.1. The third-order valence-electron chi connectivity index (χ3n) is 5.62. The Kier molecular flexibility index (Phi) is 6.06. The molecule has 3 amide bonds. The number of ether oxygens (including phenoxy) is 1. The number of nitrogens with one attached hydrogen (secondary N) is 1. The van der Waals surface area contributed by atoms with Crippen LogP contribution in [-0.4, -0.2) is 47.4 Å². The van der Waals surface area contributed by atoms with E-state index in [1.807, 2.05) is 25.3 Å². The van der Waals surface area contributed by atoms with Crippen LogP contribution in [0.25, 0.3) is 0 Å². The Morgan fingerprint density at radius 1 is 1.27 bits per heavy atom. The number of imide groups is 1. The summed E-state index contributed by atoms with van der Waals surface area (Å²) in [7, 11) is 1.63. The van der Waals surface area contributed by atoms with Gasteiger partial charge >= 0.3 is 6.03 Å². The highest BCUT2D eigenvalue weighted by atomic mass is 35.5. The molecule has 1 aliphatic heterocycles. The van der Waals surface area contributed by atoms with E-state index in [0.29, 0.717) is 22.8 Å². The van der Waals surface area contributed by atoms with Crippen LogP contribution in [0.2, 0.25) is 5.02 Å². The third-order valence-corrected chi connectivity index (χ3v) is 5.95. The number of ketones is 1. The first-order valence-electron chi connectivity index (χ1n) is 9.71. The van der Waals surface area contributed by atoms with Crippen LogP contribution in [-0.2, 0) is 15.1 Å². The summed E-state index contributed by atoms with van der Waals surface area (Å²) in [5, 5.41) is 3.06. The molecule has 0 bridgehead atoms. The van der Waals surface area contributed by atoms with Crippen LogP contribution in [0.1, 0.15) is 47.2 Å². The van der Waals surface area contributed by atoms with Crippen LogP contribution in [0, 0.1) is 13.8 Å². The molecule has 3 rings (SSSR count). The van der Waals surface area contributed by atoms with Crippen LogP contribution in [0.15, 0.2) is 30.3 Å². The Hall–Kier alpha value is -2.64. The number of aryl methyl sites for hydroxylation is 1. The van der Waals surface area contributed by atoms with Gasteiger partial charge < -0.3 is 14.6 Å². The number of benzene rings is 1. The number of carbonyl (C=O) groups is 3. The van der Waals surface area contributed by atoms with Gasteiger partial charge in [-0.05, 0) is 39.8 Å². The Morgan fingerprint density at radius 3 is 2.57 bits per heavy atom. The molecule has 0 spiro atoms. The lowest BCUT2D eigenvalue weighted by Gasteiger charge is -2.23. The van der Waals surface area contributed by atoms with Gasteiger partial charge in [-0.3, -0.25) is 14.5 Å². The van der Waals surface area contributed by atoms with Gasteiger partial charge in [0.25, 0.3) is 5.91 Å². The highest BCUT2D eigenvalue weighted by Gasteiger charge is 2.50. The maximum Gasteiger partial charge on any atom is 0.325 e. The van der Waals surface area contributed by atoms with Gasteiger partial charge in [-0.15, -0.1) is 0 Å². The molecule has 1 N–H and O–H groups in total. The minimum Gasteiger partial charge on any atom is -0.383 e. The molecule has 1 aliphatic rings. The van der Waals surface area contributed by atoms with E-state index in [-0.39, 0.29) is 18.4 Å². The van der Waals surface area contributed by atoms with Gasteiger partial charge in [0.05, 0.1) is 19.2 Å². The SMILES string of the molecule is COC[C@H](C)n1c(C)cc(C(=O)CN2C(=O)N[C@](C)(c3ccccc3Cl)C2=O)c1C. The van der Waals surface area contributed by atoms with Crippen LogP contribution in [0.5, 0.6) is 0 Å². The molecule has 7 nitrogen and oxygen atoms in total. The highest BCUT2D eigenvalue weighted by Crippen LogP contribution is 2.33. The third kappa shape index (κ3) is 3.63. The van der Waals surface area contributed by atoms with Gasteiger partial charge in [-0.2, -0.15) is 0 Å².